The summed E-state index contributed by atoms with van der Waals surface area (Å²) in [6.07, 6.45) is 1.77. The third kappa shape index (κ3) is 4.31. The van der Waals surface area contributed by atoms with Crippen molar-refractivity contribution in [2.45, 2.75) is 46.6 Å². The van der Waals surface area contributed by atoms with Crippen LogP contribution in [0.2, 0.25) is 0 Å². The van der Waals surface area contributed by atoms with Gasteiger partial charge in [-0.2, -0.15) is 0 Å². The Morgan fingerprint density at radius 3 is 2.12 bits per heavy atom. The first-order valence-electron chi connectivity index (χ1n) is 6.28. The summed E-state index contributed by atoms with van der Waals surface area (Å²) in [6, 6.07) is 5.55. The number of hydrogen-bond donors (Lipinski definition) is 1. The van der Waals surface area contributed by atoms with Crippen LogP contribution >= 0.6 is 0 Å². The lowest BCUT2D eigenvalue weighted by Gasteiger charge is -2.13. The quantitative estimate of drug-likeness (QED) is 0.793. The van der Waals surface area contributed by atoms with Gasteiger partial charge in [0.05, 0.1) is 6.04 Å². The van der Waals surface area contributed by atoms with Crippen molar-refractivity contribution >= 4 is 5.78 Å². The van der Waals surface area contributed by atoms with Gasteiger partial charge in [0, 0.05) is 5.56 Å². The highest BCUT2D eigenvalue weighted by Gasteiger charge is 2.16. The molecule has 0 aliphatic heterocycles. The monoisotopic (exact) mass is 233 g/mol. The molecule has 0 fully saturated rings. The van der Waals surface area contributed by atoms with Crippen molar-refractivity contribution in [3.63, 3.8) is 0 Å². The van der Waals surface area contributed by atoms with Gasteiger partial charge in [-0.25, -0.2) is 0 Å². The van der Waals surface area contributed by atoms with Crippen LogP contribution in [0.25, 0.3) is 0 Å². The van der Waals surface area contributed by atoms with E-state index >= 15 is 0 Å². The number of carbonyl (C=O) groups excluding carboxylic acids is 1. The topological polar surface area (TPSA) is 43.1 Å². The van der Waals surface area contributed by atoms with Crippen molar-refractivity contribution in [1.82, 2.24) is 0 Å². The number of benzene rings is 1. The number of rotatable bonds is 5. The summed E-state index contributed by atoms with van der Waals surface area (Å²) in [5.41, 5.74) is 8.93. The largest absolute Gasteiger partial charge is 0.321 e. The van der Waals surface area contributed by atoms with Gasteiger partial charge >= 0.3 is 0 Å². The van der Waals surface area contributed by atoms with E-state index in [4.69, 9.17) is 5.73 Å². The number of carbonyl (C=O) groups is 1. The molecular weight excluding hydrogens is 210 g/mol. The average molecular weight is 233 g/mol. The molecule has 17 heavy (non-hydrogen) atoms. The highest BCUT2D eigenvalue weighted by Crippen LogP contribution is 2.13. The van der Waals surface area contributed by atoms with E-state index in [0.29, 0.717) is 5.92 Å². The first-order valence-corrected chi connectivity index (χ1v) is 6.28. The molecule has 0 saturated heterocycles. The lowest BCUT2D eigenvalue weighted by molar-refractivity contribution is 0.0954. The van der Waals surface area contributed by atoms with Crippen LogP contribution in [0.15, 0.2) is 18.2 Å². The minimum Gasteiger partial charge on any atom is -0.321 e. The van der Waals surface area contributed by atoms with E-state index < -0.39 is 0 Å². The van der Waals surface area contributed by atoms with Crippen molar-refractivity contribution in [2.24, 2.45) is 11.7 Å². The summed E-state index contributed by atoms with van der Waals surface area (Å²) in [5, 5.41) is 0. The lowest BCUT2D eigenvalue weighted by Crippen LogP contribution is -2.30. The van der Waals surface area contributed by atoms with Crippen LogP contribution in [0.3, 0.4) is 0 Å². The molecule has 94 valence electrons. The van der Waals surface area contributed by atoms with Crippen LogP contribution in [0.1, 0.15) is 48.2 Å². The van der Waals surface area contributed by atoms with Gasteiger partial charge in [-0.15, -0.1) is 0 Å². The van der Waals surface area contributed by atoms with Crippen LogP contribution in [0.5, 0.6) is 0 Å². The summed E-state index contributed by atoms with van der Waals surface area (Å²) >= 11 is 0. The second-order valence-electron chi connectivity index (χ2n) is 5.32. The van der Waals surface area contributed by atoms with Crippen LogP contribution in [0.4, 0.5) is 0 Å². The number of hydrogen-bond acceptors (Lipinski definition) is 2. The molecule has 0 aromatic heterocycles. The van der Waals surface area contributed by atoms with Gasteiger partial charge in [0.1, 0.15) is 0 Å². The van der Waals surface area contributed by atoms with Gasteiger partial charge in [-0.05, 0) is 44.7 Å². The van der Waals surface area contributed by atoms with Crippen molar-refractivity contribution in [3.05, 3.63) is 34.9 Å². The Kier molecular flexibility index (Phi) is 4.88. The Balaban J connectivity index is 2.74. The normalized spacial score (nSPS) is 12.8. The molecule has 1 aromatic carbocycles. The number of Topliss-reactive ketones (excluding diaryl/α,β-unsaturated/α-hetero) is 1. The van der Waals surface area contributed by atoms with Crippen molar-refractivity contribution < 1.29 is 4.79 Å². The number of nitrogens with two attached hydrogens (primary N) is 1. The highest BCUT2D eigenvalue weighted by molar-refractivity contribution is 6.00. The lowest BCUT2D eigenvalue weighted by atomic mass is 9.95. The van der Waals surface area contributed by atoms with Crippen LogP contribution in [-0.2, 0) is 0 Å². The minimum atomic E-state index is -0.362. The molecule has 0 bridgehead atoms. The maximum absolute atomic E-state index is 12.1. The molecule has 0 heterocycles. The Bertz CT molecular complexity index is 376. The van der Waals surface area contributed by atoms with Crippen LogP contribution in [0, 0.1) is 19.8 Å². The second kappa shape index (κ2) is 5.97. The zero-order valence-corrected chi connectivity index (χ0v) is 11.3. The molecular formula is C15H23NO. The fourth-order valence-corrected chi connectivity index (χ4v) is 1.98. The van der Waals surface area contributed by atoms with Crippen molar-refractivity contribution in [2.75, 3.05) is 0 Å². The number of ketones is 1. The Morgan fingerprint density at radius 2 is 1.65 bits per heavy atom. The van der Waals surface area contributed by atoms with E-state index in [1.165, 1.54) is 0 Å². The fourth-order valence-electron chi connectivity index (χ4n) is 1.98. The molecule has 1 atom stereocenters. The van der Waals surface area contributed by atoms with Crippen molar-refractivity contribution in [3.8, 4) is 0 Å². The van der Waals surface area contributed by atoms with Crippen molar-refractivity contribution in [1.29, 1.82) is 0 Å². The molecule has 0 aliphatic rings. The van der Waals surface area contributed by atoms with Gasteiger partial charge in [0.2, 0.25) is 0 Å². The van der Waals surface area contributed by atoms with Crippen LogP contribution in [-0.4, -0.2) is 11.8 Å². The molecule has 1 rings (SSSR count). The smallest absolute Gasteiger partial charge is 0.179 e. The summed E-state index contributed by atoms with van der Waals surface area (Å²) in [4.78, 5) is 12.1. The average Bonchev–Trinajstić information content (AvgIpc) is 2.23. The zero-order valence-electron chi connectivity index (χ0n) is 11.3. The Labute approximate surface area is 104 Å². The summed E-state index contributed by atoms with van der Waals surface area (Å²) < 4.78 is 0. The third-order valence-electron chi connectivity index (χ3n) is 2.90. The summed E-state index contributed by atoms with van der Waals surface area (Å²) in [6.45, 7) is 8.30. The van der Waals surface area contributed by atoms with E-state index in [9.17, 15) is 4.79 Å². The first kappa shape index (κ1) is 13.9. The Morgan fingerprint density at radius 1 is 1.12 bits per heavy atom. The molecule has 1 unspecified atom stereocenters. The number of aryl methyl sites for hydroxylation is 2. The SMILES string of the molecule is Cc1cc(C)cc(C(=O)C(N)CCC(C)C)c1. The summed E-state index contributed by atoms with van der Waals surface area (Å²) in [7, 11) is 0. The predicted molar refractivity (Wildman–Crippen MR) is 72.3 cm³/mol. The molecule has 2 N–H and O–H groups in total. The van der Waals surface area contributed by atoms with Gasteiger partial charge in [0.15, 0.2) is 5.78 Å². The van der Waals surface area contributed by atoms with Gasteiger partial charge in [-0.3, -0.25) is 4.79 Å². The molecule has 0 aliphatic carbocycles. The first-order chi connectivity index (χ1) is 7.90. The Hall–Kier alpha value is -1.15. The molecule has 0 saturated carbocycles. The van der Waals surface area contributed by atoms with Gasteiger partial charge in [0.25, 0.3) is 0 Å². The van der Waals surface area contributed by atoms with E-state index in [-0.39, 0.29) is 11.8 Å². The van der Waals surface area contributed by atoms with Crippen LogP contribution < -0.4 is 5.73 Å². The van der Waals surface area contributed by atoms with E-state index in [1.54, 1.807) is 0 Å². The molecule has 2 nitrogen and oxygen atoms in total. The molecule has 0 spiro atoms. The molecule has 0 amide bonds. The van der Waals surface area contributed by atoms with E-state index in [0.717, 1.165) is 29.5 Å². The third-order valence-corrected chi connectivity index (χ3v) is 2.90. The minimum absolute atomic E-state index is 0.0671. The summed E-state index contributed by atoms with van der Waals surface area (Å²) in [5.74, 6) is 0.658. The molecule has 2 heteroatoms. The standard InChI is InChI=1S/C15H23NO/c1-10(2)5-6-14(16)15(17)13-8-11(3)7-12(4)9-13/h7-10,14H,5-6,16H2,1-4H3. The molecule has 0 radical (unpaired) electrons. The highest BCUT2D eigenvalue weighted by atomic mass is 16.1. The van der Waals surface area contributed by atoms with Gasteiger partial charge < -0.3 is 5.73 Å². The maximum atomic E-state index is 12.1. The van der Waals surface area contributed by atoms with E-state index in [2.05, 4.69) is 19.9 Å². The predicted octanol–water partition coefficient (Wildman–Crippen LogP) is 3.25. The zero-order chi connectivity index (χ0) is 13.0. The maximum Gasteiger partial charge on any atom is 0.179 e. The fraction of sp³-hybridized carbons (Fsp3) is 0.533. The van der Waals surface area contributed by atoms with Gasteiger partial charge in [-0.1, -0.05) is 31.0 Å². The molecule has 1 aromatic rings. The second-order valence-corrected chi connectivity index (χ2v) is 5.32. The van der Waals surface area contributed by atoms with E-state index in [1.807, 2.05) is 26.0 Å².